The highest BCUT2D eigenvalue weighted by atomic mass is 16.5. The molecule has 21 heavy (non-hydrogen) atoms. The van der Waals surface area contributed by atoms with Crippen LogP contribution in [-0.4, -0.2) is 48.2 Å². The van der Waals surface area contributed by atoms with E-state index in [0.717, 1.165) is 25.1 Å². The van der Waals surface area contributed by atoms with Crippen LogP contribution < -0.4 is 5.73 Å². The first-order valence-electron chi connectivity index (χ1n) is 7.86. The molecule has 1 aromatic rings. The summed E-state index contributed by atoms with van der Waals surface area (Å²) in [5.41, 5.74) is 6.64. The van der Waals surface area contributed by atoms with Gasteiger partial charge in [-0.25, -0.2) is 0 Å². The predicted molar refractivity (Wildman–Crippen MR) is 83.2 cm³/mol. The second-order valence-corrected chi connectivity index (χ2v) is 5.77. The fourth-order valence-corrected chi connectivity index (χ4v) is 3.14. The van der Waals surface area contributed by atoms with Crippen molar-refractivity contribution in [1.82, 2.24) is 9.47 Å². The molecule has 0 bridgehead atoms. The van der Waals surface area contributed by atoms with Gasteiger partial charge in [0.25, 0.3) is 5.91 Å². The number of methoxy groups -OCH3 is 1. The zero-order valence-corrected chi connectivity index (χ0v) is 13.1. The Hall–Kier alpha value is -1.33. The molecular formula is C16H27N3O2. The number of carbonyl (C=O) groups is 1. The van der Waals surface area contributed by atoms with Gasteiger partial charge in [-0.2, -0.15) is 0 Å². The van der Waals surface area contributed by atoms with E-state index in [9.17, 15) is 4.79 Å². The standard InChI is InChI=1S/C16H27N3O2/c1-3-13-6-8-19(14(11-13)12-17)16(20)15-5-4-7-18(15)9-10-21-2/h4-5,7,13-14H,3,6,8-12,17H2,1-2H3. The van der Waals surface area contributed by atoms with Crippen LogP contribution in [0.15, 0.2) is 18.3 Å². The van der Waals surface area contributed by atoms with Crippen LogP contribution in [0.2, 0.25) is 0 Å². The number of ether oxygens (including phenoxy) is 1. The molecule has 5 nitrogen and oxygen atoms in total. The van der Waals surface area contributed by atoms with Crippen molar-refractivity contribution in [2.75, 3.05) is 26.8 Å². The van der Waals surface area contributed by atoms with Crippen LogP contribution >= 0.6 is 0 Å². The third-order valence-corrected chi connectivity index (χ3v) is 4.52. The molecule has 1 fully saturated rings. The fourth-order valence-electron chi connectivity index (χ4n) is 3.14. The van der Waals surface area contributed by atoms with Crippen LogP contribution in [0.4, 0.5) is 0 Å². The largest absolute Gasteiger partial charge is 0.383 e. The van der Waals surface area contributed by atoms with E-state index in [2.05, 4.69) is 6.92 Å². The summed E-state index contributed by atoms with van der Waals surface area (Å²) in [4.78, 5) is 14.8. The molecule has 2 unspecified atom stereocenters. The summed E-state index contributed by atoms with van der Waals surface area (Å²) in [7, 11) is 1.67. The molecule has 0 aromatic carbocycles. The zero-order chi connectivity index (χ0) is 15.2. The molecule has 2 heterocycles. The first kappa shape index (κ1) is 16.0. The highest BCUT2D eigenvalue weighted by molar-refractivity contribution is 5.93. The Kier molecular flexibility index (Phi) is 5.82. The number of rotatable bonds is 6. The monoisotopic (exact) mass is 293 g/mol. The molecule has 0 saturated carbocycles. The molecule has 0 radical (unpaired) electrons. The third kappa shape index (κ3) is 3.66. The summed E-state index contributed by atoms with van der Waals surface area (Å²) < 4.78 is 7.06. The van der Waals surface area contributed by atoms with Crippen LogP contribution in [0.3, 0.4) is 0 Å². The van der Waals surface area contributed by atoms with E-state index >= 15 is 0 Å². The van der Waals surface area contributed by atoms with Gasteiger partial charge in [-0.3, -0.25) is 4.79 Å². The van der Waals surface area contributed by atoms with Crippen LogP contribution in [0.25, 0.3) is 0 Å². The number of hydrogen-bond acceptors (Lipinski definition) is 3. The van der Waals surface area contributed by atoms with Crippen molar-refractivity contribution in [2.45, 2.75) is 38.8 Å². The lowest BCUT2D eigenvalue weighted by molar-refractivity contribution is 0.0545. The average molecular weight is 293 g/mol. The van der Waals surface area contributed by atoms with Crippen LogP contribution in [0, 0.1) is 5.92 Å². The van der Waals surface area contributed by atoms with Gasteiger partial charge in [0.1, 0.15) is 5.69 Å². The van der Waals surface area contributed by atoms with Crippen molar-refractivity contribution in [3.8, 4) is 0 Å². The third-order valence-electron chi connectivity index (χ3n) is 4.52. The van der Waals surface area contributed by atoms with Crippen LogP contribution in [-0.2, 0) is 11.3 Å². The Morgan fingerprint density at radius 2 is 2.33 bits per heavy atom. The van der Waals surface area contributed by atoms with E-state index in [0.29, 0.717) is 25.6 Å². The molecule has 0 spiro atoms. The van der Waals surface area contributed by atoms with Crippen molar-refractivity contribution in [1.29, 1.82) is 0 Å². The maximum atomic E-state index is 12.8. The second-order valence-electron chi connectivity index (χ2n) is 5.77. The van der Waals surface area contributed by atoms with Gasteiger partial charge in [0.15, 0.2) is 0 Å². The normalized spacial score (nSPS) is 22.5. The van der Waals surface area contributed by atoms with E-state index in [-0.39, 0.29) is 11.9 Å². The quantitative estimate of drug-likeness (QED) is 0.869. The topological polar surface area (TPSA) is 60.5 Å². The molecular weight excluding hydrogens is 266 g/mol. The Morgan fingerprint density at radius 1 is 1.52 bits per heavy atom. The minimum Gasteiger partial charge on any atom is -0.383 e. The lowest BCUT2D eigenvalue weighted by Gasteiger charge is -2.39. The number of piperidine rings is 1. The molecule has 1 aliphatic rings. The molecule has 1 saturated heterocycles. The predicted octanol–water partition coefficient (Wildman–Crippen LogP) is 1.72. The number of nitrogens with zero attached hydrogens (tertiary/aromatic N) is 2. The van der Waals surface area contributed by atoms with Crippen molar-refractivity contribution >= 4 is 5.91 Å². The molecule has 2 atom stereocenters. The lowest BCUT2D eigenvalue weighted by atomic mass is 9.88. The Bertz CT molecular complexity index is 458. The van der Waals surface area contributed by atoms with E-state index in [4.69, 9.17) is 10.5 Å². The Balaban J connectivity index is 2.10. The highest BCUT2D eigenvalue weighted by Gasteiger charge is 2.31. The van der Waals surface area contributed by atoms with Crippen LogP contribution in [0.5, 0.6) is 0 Å². The summed E-state index contributed by atoms with van der Waals surface area (Å²) in [5, 5.41) is 0. The SMILES string of the molecule is CCC1CCN(C(=O)c2cccn2CCOC)C(CN)C1. The maximum absolute atomic E-state index is 12.8. The first-order chi connectivity index (χ1) is 10.2. The highest BCUT2D eigenvalue weighted by Crippen LogP contribution is 2.26. The van der Waals surface area contributed by atoms with E-state index in [1.54, 1.807) is 7.11 Å². The van der Waals surface area contributed by atoms with Gasteiger partial charge < -0.3 is 19.9 Å². The molecule has 0 aliphatic carbocycles. The Morgan fingerprint density at radius 3 is 3.00 bits per heavy atom. The average Bonchev–Trinajstić information content (AvgIpc) is 2.99. The number of hydrogen-bond donors (Lipinski definition) is 1. The summed E-state index contributed by atoms with van der Waals surface area (Å²) in [6.45, 7) is 4.87. The van der Waals surface area contributed by atoms with Gasteiger partial charge in [0.2, 0.25) is 0 Å². The number of amides is 1. The van der Waals surface area contributed by atoms with Gasteiger partial charge in [0.05, 0.1) is 6.61 Å². The van der Waals surface area contributed by atoms with Gasteiger partial charge in [-0.15, -0.1) is 0 Å². The molecule has 2 rings (SSSR count). The van der Waals surface area contributed by atoms with E-state index < -0.39 is 0 Å². The molecule has 1 amide bonds. The number of carbonyl (C=O) groups excluding carboxylic acids is 1. The van der Waals surface area contributed by atoms with Crippen molar-refractivity contribution in [2.24, 2.45) is 11.7 Å². The van der Waals surface area contributed by atoms with Crippen molar-refractivity contribution < 1.29 is 9.53 Å². The van der Waals surface area contributed by atoms with Crippen molar-refractivity contribution in [3.63, 3.8) is 0 Å². The van der Waals surface area contributed by atoms with Gasteiger partial charge in [-0.1, -0.05) is 13.3 Å². The van der Waals surface area contributed by atoms with Gasteiger partial charge in [0, 0.05) is 39.0 Å². The minimum atomic E-state index is 0.0982. The van der Waals surface area contributed by atoms with Gasteiger partial charge >= 0.3 is 0 Å². The smallest absolute Gasteiger partial charge is 0.270 e. The summed E-state index contributed by atoms with van der Waals surface area (Å²) in [6, 6.07) is 3.97. The number of aromatic nitrogens is 1. The minimum absolute atomic E-state index is 0.0982. The molecule has 118 valence electrons. The molecule has 1 aliphatic heterocycles. The molecule has 2 N–H and O–H groups in total. The lowest BCUT2D eigenvalue weighted by Crippen LogP contribution is -2.50. The number of nitrogens with two attached hydrogens (primary N) is 1. The second kappa shape index (κ2) is 7.61. The van der Waals surface area contributed by atoms with Crippen LogP contribution in [0.1, 0.15) is 36.7 Å². The first-order valence-corrected chi connectivity index (χ1v) is 7.86. The number of likely N-dealkylation sites (tertiary alicyclic amines) is 1. The van der Waals surface area contributed by atoms with Crippen molar-refractivity contribution in [3.05, 3.63) is 24.0 Å². The Labute approximate surface area is 127 Å². The summed E-state index contributed by atoms with van der Waals surface area (Å²) in [6.07, 6.45) is 5.21. The van der Waals surface area contributed by atoms with E-state index in [1.165, 1.54) is 6.42 Å². The fraction of sp³-hybridized carbons (Fsp3) is 0.688. The zero-order valence-electron chi connectivity index (χ0n) is 13.1. The summed E-state index contributed by atoms with van der Waals surface area (Å²) in [5.74, 6) is 0.795. The van der Waals surface area contributed by atoms with E-state index in [1.807, 2.05) is 27.8 Å². The summed E-state index contributed by atoms with van der Waals surface area (Å²) >= 11 is 0. The molecule has 5 heteroatoms. The molecule has 1 aromatic heterocycles. The van der Waals surface area contributed by atoms with Gasteiger partial charge in [-0.05, 0) is 30.9 Å². The maximum Gasteiger partial charge on any atom is 0.270 e.